The largest absolute Gasteiger partial charge is 0.392 e. The van der Waals surface area contributed by atoms with Crippen LogP contribution in [0, 0.1) is 0 Å². The number of aliphatic hydroxyl groups excluding tert-OH is 1. The Hall–Kier alpha value is -0.730. The van der Waals surface area contributed by atoms with Gasteiger partial charge in [-0.05, 0) is 16.5 Å². The molecule has 0 bridgehead atoms. The zero-order chi connectivity index (χ0) is 8.81. The quantitative estimate of drug-likeness (QED) is 0.768. The minimum absolute atomic E-state index is 0.120. The molecule has 1 aromatic rings. The third kappa shape index (κ3) is 2.72. The summed E-state index contributed by atoms with van der Waals surface area (Å²) in [5.41, 5.74) is 2.22. The lowest BCUT2D eigenvalue weighted by molar-refractivity contribution is 0.282. The van der Waals surface area contributed by atoms with E-state index >= 15 is 0 Å². The van der Waals surface area contributed by atoms with E-state index in [1.54, 1.807) is 11.8 Å². The first-order valence-electron chi connectivity index (χ1n) is 3.78. The Morgan fingerprint density at radius 3 is 2.33 bits per heavy atom. The van der Waals surface area contributed by atoms with Crippen molar-refractivity contribution in [3.05, 3.63) is 47.4 Å². The second-order valence-electron chi connectivity index (χ2n) is 2.45. The average Bonchev–Trinajstić information content (AvgIpc) is 2.15. The van der Waals surface area contributed by atoms with E-state index in [2.05, 4.69) is 6.58 Å². The molecule has 0 aliphatic rings. The summed E-state index contributed by atoms with van der Waals surface area (Å²) in [6.45, 7) is 3.75. The monoisotopic (exact) mass is 180 g/mol. The number of rotatable bonds is 4. The van der Waals surface area contributed by atoms with Crippen LogP contribution in [0.2, 0.25) is 0 Å². The number of thioether (sulfide) groups is 1. The van der Waals surface area contributed by atoms with E-state index in [1.807, 2.05) is 29.7 Å². The van der Waals surface area contributed by atoms with Gasteiger partial charge in [-0.1, -0.05) is 30.8 Å². The van der Waals surface area contributed by atoms with Crippen LogP contribution in [-0.4, -0.2) is 5.11 Å². The van der Waals surface area contributed by atoms with E-state index in [4.69, 9.17) is 5.11 Å². The van der Waals surface area contributed by atoms with Gasteiger partial charge in [-0.3, -0.25) is 0 Å². The summed E-state index contributed by atoms with van der Waals surface area (Å²) in [6, 6.07) is 7.95. The Labute approximate surface area is 77.1 Å². The van der Waals surface area contributed by atoms with Gasteiger partial charge in [0.1, 0.15) is 0 Å². The van der Waals surface area contributed by atoms with E-state index < -0.39 is 0 Å². The van der Waals surface area contributed by atoms with Crippen molar-refractivity contribution in [3.63, 3.8) is 0 Å². The molecule has 1 rings (SSSR count). The van der Waals surface area contributed by atoms with Gasteiger partial charge in [0.25, 0.3) is 0 Å². The minimum atomic E-state index is 0.120. The summed E-state index contributed by atoms with van der Waals surface area (Å²) in [5.74, 6) is 0.954. The zero-order valence-electron chi connectivity index (χ0n) is 6.86. The lowest BCUT2D eigenvalue weighted by Crippen LogP contribution is -1.83. The van der Waals surface area contributed by atoms with Crippen molar-refractivity contribution in [3.8, 4) is 0 Å². The molecule has 0 saturated carbocycles. The van der Waals surface area contributed by atoms with Crippen molar-refractivity contribution >= 4 is 11.8 Å². The molecule has 0 fully saturated rings. The topological polar surface area (TPSA) is 20.2 Å². The summed E-state index contributed by atoms with van der Waals surface area (Å²) in [6.07, 6.45) is 0. The average molecular weight is 180 g/mol. The fourth-order valence-electron chi connectivity index (χ4n) is 0.896. The molecule has 1 aromatic carbocycles. The van der Waals surface area contributed by atoms with Crippen LogP contribution in [0.15, 0.2) is 36.3 Å². The molecule has 0 heterocycles. The van der Waals surface area contributed by atoms with Gasteiger partial charge in [-0.25, -0.2) is 0 Å². The summed E-state index contributed by atoms with van der Waals surface area (Å²) >= 11 is 1.68. The highest BCUT2D eigenvalue weighted by Crippen LogP contribution is 2.13. The SMILES string of the molecule is C=CSCc1ccc(CO)cc1. The van der Waals surface area contributed by atoms with Gasteiger partial charge in [0.15, 0.2) is 0 Å². The van der Waals surface area contributed by atoms with Crippen molar-refractivity contribution in [1.82, 2.24) is 0 Å². The highest BCUT2D eigenvalue weighted by molar-refractivity contribution is 8.01. The second-order valence-corrected chi connectivity index (χ2v) is 3.41. The lowest BCUT2D eigenvalue weighted by atomic mass is 10.2. The molecule has 12 heavy (non-hydrogen) atoms. The number of hydrogen-bond donors (Lipinski definition) is 1. The second kappa shape index (κ2) is 5.01. The normalized spacial score (nSPS) is 9.75. The van der Waals surface area contributed by atoms with Crippen LogP contribution in [0.5, 0.6) is 0 Å². The molecule has 1 N–H and O–H groups in total. The highest BCUT2D eigenvalue weighted by Gasteiger charge is 1.92. The molecule has 0 aliphatic carbocycles. The molecule has 64 valence electrons. The molecule has 0 aromatic heterocycles. The Kier molecular flexibility index (Phi) is 3.91. The Balaban J connectivity index is 2.58. The van der Waals surface area contributed by atoms with Crippen LogP contribution < -0.4 is 0 Å². The molecular weight excluding hydrogens is 168 g/mol. The molecule has 0 amide bonds. The predicted octanol–water partition coefficient (Wildman–Crippen LogP) is 2.56. The summed E-state index contributed by atoms with van der Waals surface area (Å²) < 4.78 is 0. The third-order valence-corrected chi connectivity index (χ3v) is 2.31. The van der Waals surface area contributed by atoms with Crippen molar-refractivity contribution < 1.29 is 5.11 Å². The zero-order valence-corrected chi connectivity index (χ0v) is 7.68. The van der Waals surface area contributed by atoms with Gasteiger partial charge in [0, 0.05) is 5.75 Å². The fraction of sp³-hybridized carbons (Fsp3) is 0.200. The van der Waals surface area contributed by atoms with Crippen molar-refractivity contribution in [2.75, 3.05) is 0 Å². The smallest absolute Gasteiger partial charge is 0.0681 e. The number of hydrogen-bond acceptors (Lipinski definition) is 2. The summed E-state index contributed by atoms with van der Waals surface area (Å²) in [7, 11) is 0. The van der Waals surface area contributed by atoms with E-state index in [1.165, 1.54) is 5.56 Å². The molecule has 0 unspecified atom stereocenters. The first-order valence-corrected chi connectivity index (χ1v) is 4.83. The lowest BCUT2D eigenvalue weighted by Gasteiger charge is -1.99. The molecule has 2 heteroatoms. The number of benzene rings is 1. The molecule has 1 nitrogen and oxygen atoms in total. The standard InChI is InChI=1S/C10H12OS/c1-2-12-8-10-5-3-9(7-11)4-6-10/h2-6,11H,1,7-8H2. The number of aliphatic hydroxyl groups is 1. The molecule has 0 aliphatic heterocycles. The van der Waals surface area contributed by atoms with Crippen molar-refractivity contribution in [1.29, 1.82) is 0 Å². The van der Waals surface area contributed by atoms with Gasteiger partial charge >= 0.3 is 0 Å². The highest BCUT2D eigenvalue weighted by atomic mass is 32.2. The van der Waals surface area contributed by atoms with Crippen LogP contribution >= 0.6 is 11.8 Å². The Morgan fingerprint density at radius 2 is 1.83 bits per heavy atom. The molecule has 0 atom stereocenters. The first kappa shape index (κ1) is 9.36. The Bertz CT molecular complexity index is 241. The van der Waals surface area contributed by atoms with Gasteiger partial charge in [-0.2, -0.15) is 0 Å². The summed E-state index contributed by atoms with van der Waals surface area (Å²) in [5, 5.41) is 10.6. The first-order chi connectivity index (χ1) is 5.86. The van der Waals surface area contributed by atoms with Gasteiger partial charge in [0.05, 0.1) is 6.61 Å². The molecule has 0 radical (unpaired) electrons. The van der Waals surface area contributed by atoms with Crippen molar-refractivity contribution in [2.45, 2.75) is 12.4 Å². The maximum absolute atomic E-state index is 8.78. The third-order valence-electron chi connectivity index (χ3n) is 1.57. The maximum atomic E-state index is 8.78. The Morgan fingerprint density at radius 1 is 1.25 bits per heavy atom. The van der Waals surface area contributed by atoms with Crippen LogP contribution in [0.3, 0.4) is 0 Å². The summed E-state index contributed by atoms with van der Waals surface area (Å²) in [4.78, 5) is 0. The van der Waals surface area contributed by atoms with Crippen LogP contribution in [0.4, 0.5) is 0 Å². The fourth-order valence-corrected chi connectivity index (χ4v) is 1.40. The van der Waals surface area contributed by atoms with E-state index in [0.29, 0.717) is 0 Å². The van der Waals surface area contributed by atoms with Crippen LogP contribution in [0.25, 0.3) is 0 Å². The predicted molar refractivity (Wildman–Crippen MR) is 53.9 cm³/mol. The van der Waals surface area contributed by atoms with Gasteiger partial charge in [-0.15, -0.1) is 11.8 Å². The van der Waals surface area contributed by atoms with Crippen molar-refractivity contribution in [2.24, 2.45) is 0 Å². The molecular formula is C10H12OS. The maximum Gasteiger partial charge on any atom is 0.0681 e. The van der Waals surface area contributed by atoms with E-state index in [-0.39, 0.29) is 6.61 Å². The van der Waals surface area contributed by atoms with Gasteiger partial charge in [0.2, 0.25) is 0 Å². The molecule has 0 spiro atoms. The van der Waals surface area contributed by atoms with Crippen LogP contribution in [-0.2, 0) is 12.4 Å². The van der Waals surface area contributed by atoms with E-state index in [0.717, 1.165) is 11.3 Å². The van der Waals surface area contributed by atoms with Gasteiger partial charge < -0.3 is 5.11 Å². The molecule has 0 saturated heterocycles. The van der Waals surface area contributed by atoms with E-state index in [9.17, 15) is 0 Å². The minimum Gasteiger partial charge on any atom is -0.392 e. The van der Waals surface area contributed by atoms with Crippen LogP contribution in [0.1, 0.15) is 11.1 Å².